The van der Waals surface area contributed by atoms with E-state index in [1.54, 1.807) is 0 Å². The number of nitrogens with zero attached hydrogens (tertiary/aromatic N) is 4. The van der Waals surface area contributed by atoms with Gasteiger partial charge in [-0.15, -0.1) is 0 Å². The molecule has 6 nitrogen and oxygen atoms in total. The number of morpholine rings is 1. The van der Waals surface area contributed by atoms with Gasteiger partial charge in [0, 0.05) is 19.3 Å². The number of ether oxygens (including phenoxy) is 2. The molecule has 0 bridgehead atoms. The molecule has 2 aromatic heterocycles. The van der Waals surface area contributed by atoms with Crippen LogP contribution in [-0.2, 0) is 22.6 Å². The van der Waals surface area contributed by atoms with Crippen LogP contribution in [0, 0.1) is 6.92 Å². The summed E-state index contributed by atoms with van der Waals surface area (Å²) in [4.78, 5) is 6.51. The van der Waals surface area contributed by atoms with E-state index in [4.69, 9.17) is 9.47 Å². The average Bonchev–Trinajstić information content (AvgIpc) is 3.26. The van der Waals surface area contributed by atoms with E-state index in [0.717, 1.165) is 51.9 Å². The maximum Gasteiger partial charge on any atom is 0.128 e. The van der Waals surface area contributed by atoms with Crippen LogP contribution in [0.3, 0.4) is 0 Å². The Morgan fingerprint density at radius 1 is 0.800 bits per heavy atom. The van der Waals surface area contributed by atoms with Crippen LogP contribution < -0.4 is 4.90 Å². The largest absolute Gasteiger partial charge is 0.378 e. The van der Waals surface area contributed by atoms with Crippen LogP contribution in [0.15, 0.2) is 30.6 Å². The number of aromatic nitrogens is 3. The SMILES string of the molecule is CC.CC.CC.CC.Cc1cnn2c1COCC2.c1ccc(N2CCOCC2)nc1. The van der Waals surface area contributed by atoms with E-state index in [9.17, 15) is 0 Å². The van der Waals surface area contributed by atoms with Crippen LogP contribution >= 0.6 is 0 Å². The zero-order valence-electron chi connectivity index (χ0n) is 20.9. The van der Waals surface area contributed by atoms with Gasteiger partial charge in [0.2, 0.25) is 0 Å². The molecule has 2 aromatic rings. The second kappa shape index (κ2) is 21.8. The van der Waals surface area contributed by atoms with Gasteiger partial charge in [0.05, 0.1) is 44.9 Å². The third-order valence-corrected chi connectivity index (χ3v) is 3.83. The molecular weight excluding hydrogens is 376 g/mol. The van der Waals surface area contributed by atoms with Gasteiger partial charge in [0.15, 0.2) is 0 Å². The first-order chi connectivity index (χ1) is 14.8. The minimum absolute atomic E-state index is 0.728. The van der Waals surface area contributed by atoms with Crippen LogP contribution in [0.4, 0.5) is 5.82 Å². The van der Waals surface area contributed by atoms with Crippen molar-refractivity contribution in [2.75, 3.05) is 37.8 Å². The molecule has 4 rings (SSSR count). The highest BCUT2D eigenvalue weighted by molar-refractivity contribution is 5.37. The molecule has 0 saturated carbocycles. The van der Waals surface area contributed by atoms with E-state index in [-0.39, 0.29) is 0 Å². The van der Waals surface area contributed by atoms with Gasteiger partial charge in [-0.05, 0) is 24.6 Å². The van der Waals surface area contributed by atoms with Crippen LogP contribution in [-0.4, -0.2) is 47.7 Å². The standard InChI is InChI=1S/C9H12N2O.C7H10N2O.4C2H6/c1-2-4-10-9(3-1)11-5-7-12-8-6-11;1-6-4-8-9-2-3-10-5-7(6)9;4*1-2/h1-4H,5-8H2;4H,2-3,5H2,1H3;4*1-2H3. The Hall–Kier alpha value is -1.92. The third kappa shape index (κ3) is 11.3. The first-order valence-corrected chi connectivity index (χ1v) is 11.7. The molecule has 4 heterocycles. The van der Waals surface area contributed by atoms with Crippen molar-refractivity contribution < 1.29 is 9.47 Å². The maximum atomic E-state index is 5.27. The Morgan fingerprint density at radius 2 is 1.40 bits per heavy atom. The lowest BCUT2D eigenvalue weighted by molar-refractivity contribution is 0.0796. The lowest BCUT2D eigenvalue weighted by Gasteiger charge is -2.27. The van der Waals surface area contributed by atoms with Gasteiger partial charge in [0.25, 0.3) is 0 Å². The molecule has 2 aliphatic rings. The quantitative estimate of drug-likeness (QED) is 0.586. The van der Waals surface area contributed by atoms with Gasteiger partial charge >= 0.3 is 0 Å². The van der Waals surface area contributed by atoms with Gasteiger partial charge in [0.1, 0.15) is 5.82 Å². The molecule has 30 heavy (non-hydrogen) atoms. The normalized spacial score (nSPS) is 13.6. The summed E-state index contributed by atoms with van der Waals surface area (Å²) in [6.07, 6.45) is 3.72. The molecule has 0 spiro atoms. The van der Waals surface area contributed by atoms with Gasteiger partial charge < -0.3 is 14.4 Å². The van der Waals surface area contributed by atoms with Crippen molar-refractivity contribution >= 4 is 5.82 Å². The monoisotopic (exact) mass is 422 g/mol. The van der Waals surface area contributed by atoms with E-state index in [2.05, 4.69) is 21.9 Å². The van der Waals surface area contributed by atoms with Crippen molar-refractivity contribution in [1.82, 2.24) is 14.8 Å². The summed E-state index contributed by atoms with van der Waals surface area (Å²) in [7, 11) is 0. The van der Waals surface area contributed by atoms with Gasteiger partial charge in [-0.3, -0.25) is 4.68 Å². The molecule has 0 amide bonds. The number of aryl methyl sites for hydroxylation is 1. The minimum Gasteiger partial charge on any atom is -0.378 e. The Morgan fingerprint density at radius 3 is 1.93 bits per heavy atom. The van der Waals surface area contributed by atoms with Gasteiger partial charge in [-0.2, -0.15) is 5.10 Å². The molecule has 0 radical (unpaired) electrons. The van der Waals surface area contributed by atoms with Crippen molar-refractivity contribution in [3.63, 3.8) is 0 Å². The van der Waals surface area contributed by atoms with Gasteiger partial charge in [-0.25, -0.2) is 4.98 Å². The van der Waals surface area contributed by atoms with Crippen LogP contribution in [0.2, 0.25) is 0 Å². The fourth-order valence-electron chi connectivity index (χ4n) is 2.54. The van der Waals surface area contributed by atoms with Crippen LogP contribution in [0.5, 0.6) is 0 Å². The summed E-state index contributed by atoms with van der Waals surface area (Å²) in [5.74, 6) is 1.06. The summed E-state index contributed by atoms with van der Waals surface area (Å²) in [5.41, 5.74) is 2.46. The van der Waals surface area contributed by atoms with Crippen LogP contribution in [0.1, 0.15) is 66.6 Å². The topological polar surface area (TPSA) is 52.4 Å². The molecular formula is C24H46N4O2. The zero-order chi connectivity index (χ0) is 23.2. The predicted molar refractivity (Wildman–Crippen MR) is 129 cm³/mol. The van der Waals surface area contributed by atoms with Crippen molar-refractivity contribution in [2.45, 2.75) is 75.5 Å². The van der Waals surface area contributed by atoms with Crippen molar-refractivity contribution in [3.05, 3.63) is 41.9 Å². The van der Waals surface area contributed by atoms with E-state index in [0.29, 0.717) is 0 Å². The second-order valence-corrected chi connectivity index (χ2v) is 5.34. The summed E-state index contributed by atoms with van der Waals surface area (Å²) in [6.45, 7) is 24.0. The number of fused-ring (bicyclic) bond motifs is 1. The number of pyridine rings is 1. The smallest absolute Gasteiger partial charge is 0.128 e. The summed E-state index contributed by atoms with van der Waals surface area (Å²) in [5, 5.41) is 4.19. The highest BCUT2D eigenvalue weighted by Crippen LogP contribution is 2.12. The molecule has 0 unspecified atom stereocenters. The average molecular weight is 423 g/mol. The molecule has 1 fully saturated rings. The maximum absolute atomic E-state index is 5.27. The number of anilines is 1. The summed E-state index contributed by atoms with van der Waals surface area (Å²) in [6, 6.07) is 5.98. The first kappa shape index (κ1) is 30.3. The molecule has 0 aliphatic carbocycles. The van der Waals surface area contributed by atoms with Crippen molar-refractivity contribution in [2.24, 2.45) is 0 Å². The van der Waals surface area contributed by atoms with E-state index < -0.39 is 0 Å². The second-order valence-electron chi connectivity index (χ2n) is 5.34. The van der Waals surface area contributed by atoms with Crippen molar-refractivity contribution in [3.8, 4) is 0 Å². The van der Waals surface area contributed by atoms with E-state index in [1.165, 1.54) is 11.3 Å². The molecule has 174 valence electrons. The van der Waals surface area contributed by atoms with Crippen molar-refractivity contribution in [1.29, 1.82) is 0 Å². The molecule has 2 aliphatic heterocycles. The van der Waals surface area contributed by atoms with Gasteiger partial charge in [-0.1, -0.05) is 61.5 Å². The zero-order valence-corrected chi connectivity index (χ0v) is 20.9. The third-order valence-electron chi connectivity index (χ3n) is 3.83. The van der Waals surface area contributed by atoms with E-state index >= 15 is 0 Å². The highest BCUT2D eigenvalue weighted by Gasteiger charge is 2.11. The molecule has 6 heteroatoms. The summed E-state index contributed by atoms with van der Waals surface area (Å²) >= 11 is 0. The number of hydrogen-bond acceptors (Lipinski definition) is 5. The van der Waals surface area contributed by atoms with Crippen LogP contribution in [0.25, 0.3) is 0 Å². The molecule has 0 aromatic carbocycles. The first-order valence-electron chi connectivity index (χ1n) is 11.7. The fraction of sp³-hybridized carbons (Fsp3) is 0.667. The fourth-order valence-corrected chi connectivity index (χ4v) is 2.54. The Balaban J connectivity index is 0. The lowest BCUT2D eigenvalue weighted by atomic mass is 10.3. The number of hydrogen-bond donors (Lipinski definition) is 0. The molecule has 1 saturated heterocycles. The Labute approximate surface area is 185 Å². The lowest BCUT2D eigenvalue weighted by Crippen LogP contribution is -2.36. The molecule has 0 N–H and O–H groups in total. The summed E-state index contributed by atoms with van der Waals surface area (Å²) < 4.78 is 12.5. The number of rotatable bonds is 1. The predicted octanol–water partition coefficient (Wildman–Crippen LogP) is 5.74. The minimum atomic E-state index is 0.728. The Bertz CT molecular complexity index is 582. The molecule has 0 atom stereocenters. The Kier molecular flexibility index (Phi) is 22.0. The van der Waals surface area contributed by atoms with E-state index in [1.807, 2.05) is 90.7 Å². The highest BCUT2D eigenvalue weighted by atomic mass is 16.5.